The number of carbonyl (C=O) groups is 2. The third-order valence-corrected chi connectivity index (χ3v) is 4.71. The summed E-state index contributed by atoms with van der Waals surface area (Å²) in [4.78, 5) is 30.8. The van der Waals surface area contributed by atoms with Gasteiger partial charge in [-0.2, -0.15) is 0 Å². The average Bonchev–Trinajstić information content (AvgIpc) is 2.69. The minimum atomic E-state index is -0.150. The number of nitrogens with zero attached hydrogens (tertiary/aromatic N) is 2. The molecule has 1 aliphatic heterocycles. The molecule has 142 valence electrons. The van der Waals surface area contributed by atoms with Gasteiger partial charge in [-0.25, -0.2) is 4.98 Å². The number of aromatic nitrogens is 1. The highest BCUT2D eigenvalue weighted by Gasteiger charge is 2.25. The lowest BCUT2D eigenvalue weighted by atomic mass is 9.96. The maximum atomic E-state index is 12.5. The van der Waals surface area contributed by atoms with Gasteiger partial charge >= 0.3 is 0 Å². The van der Waals surface area contributed by atoms with Gasteiger partial charge in [0, 0.05) is 32.3 Å². The van der Waals surface area contributed by atoms with E-state index in [0.717, 1.165) is 32.5 Å². The van der Waals surface area contributed by atoms with Crippen LogP contribution in [0.2, 0.25) is 0 Å². The first kappa shape index (κ1) is 19.0. The Morgan fingerprint density at radius 1 is 1.11 bits per heavy atom. The lowest BCUT2D eigenvalue weighted by molar-refractivity contribution is -0.126. The van der Waals surface area contributed by atoms with Crippen LogP contribution in [0.4, 0.5) is 5.82 Å². The molecule has 0 saturated carbocycles. The number of piperidine rings is 1. The maximum absolute atomic E-state index is 12.5. The van der Waals surface area contributed by atoms with E-state index in [-0.39, 0.29) is 24.2 Å². The van der Waals surface area contributed by atoms with E-state index in [1.54, 1.807) is 18.3 Å². The molecule has 0 bridgehead atoms. The van der Waals surface area contributed by atoms with Gasteiger partial charge in [0.2, 0.25) is 11.8 Å². The molecule has 2 aromatic rings. The molecule has 3 rings (SSSR count). The summed E-state index contributed by atoms with van der Waals surface area (Å²) in [6.07, 6.45) is 3.78. The summed E-state index contributed by atoms with van der Waals surface area (Å²) in [6.45, 7) is 3.00. The molecule has 0 aliphatic carbocycles. The second-order valence-electron chi connectivity index (χ2n) is 6.86. The van der Waals surface area contributed by atoms with Crippen LogP contribution in [0.15, 0.2) is 54.7 Å². The first-order valence-electron chi connectivity index (χ1n) is 9.45. The summed E-state index contributed by atoms with van der Waals surface area (Å²) in [5.74, 6) is 0.403. The van der Waals surface area contributed by atoms with Crippen molar-refractivity contribution in [3.8, 4) is 0 Å². The molecule has 1 fully saturated rings. The Balaban J connectivity index is 1.39. The molecule has 1 atom stereocenters. The predicted molar refractivity (Wildman–Crippen MR) is 105 cm³/mol. The van der Waals surface area contributed by atoms with Crippen LogP contribution in [0.5, 0.6) is 0 Å². The predicted octanol–water partition coefficient (Wildman–Crippen LogP) is 2.44. The molecule has 6 nitrogen and oxygen atoms in total. The standard InChI is InChI=1S/C21H26N4O2/c26-20(24-19-10-4-5-12-22-19)11-13-23-21(27)18-9-6-14-25(16-18)15-17-7-2-1-3-8-17/h1-5,7-8,10,12,18H,6,9,11,13-16H2,(H,23,27)(H,22,24,26). The van der Waals surface area contributed by atoms with Crippen molar-refractivity contribution in [1.29, 1.82) is 0 Å². The van der Waals surface area contributed by atoms with Crippen LogP contribution in [0, 0.1) is 5.92 Å². The topological polar surface area (TPSA) is 74.3 Å². The van der Waals surface area contributed by atoms with Crippen molar-refractivity contribution in [2.24, 2.45) is 5.92 Å². The molecule has 2 N–H and O–H groups in total. The highest BCUT2D eigenvalue weighted by Crippen LogP contribution is 2.18. The molecule has 2 heterocycles. The molecule has 1 unspecified atom stereocenters. The Hall–Kier alpha value is -2.73. The molecule has 0 spiro atoms. The zero-order chi connectivity index (χ0) is 18.9. The SMILES string of the molecule is O=C(CCNC(=O)C1CCCN(Cc2ccccc2)C1)Nc1ccccn1. The first-order valence-corrected chi connectivity index (χ1v) is 9.45. The monoisotopic (exact) mass is 366 g/mol. The molecule has 1 aromatic heterocycles. The van der Waals surface area contributed by atoms with Gasteiger partial charge in [-0.05, 0) is 37.1 Å². The van der Waals surface area contributed by atoms with Crippen molar-refractivity contribution in [1.82, 2.24) is 15.2 Å². The van der Waals surface area contributed by atoms with Crippen molar-refractivity contribution in [2.45, 2.75) is 25.8 Å². The Labute approximate surface area is 160 Å². The largest absolute Gasteiger partial charge is 0.355 e. The third-order valence-electron chi connectivity index (χ3n) is 4.71. The van der Waals surface area contributed by atoms with Gasteiger partial charge in [0.1, 0.15) is 5.82 Å². The second kappa shape index (κ2) is 9.83. The van der Waals surface area contributed by atoms with E-state index in [1.807, 2.05) is 24.3 Å². The number of nitrogens with one attached hydrogen (secondary N) is 2. The van der Waals surface area contributed by atoms with Gasteiger partial charge in [-0.3, -0.25) is 14.5 Å². The Bertz CT molecular complexity index is 736. The number of hydrogen-bond acceptors (Lipinski definition) is 4. The number of pyridine rings is 1. The van der Waals surface area contributed by atoms with Gasteiger partial charge < -0.3 is 10.6 Å². The lowest BCUT2D eigenvalue weighted by Gasteiger charge is -2.32. The van der Waals surface area contributed by atoms with Gasteiger partial charge in [-0.15, -0.1) is 0 Å². The van der Waals surface area contributed by atoms with Crippen LogP contribution in [-0.2, 0) is 16.1 Å². The number of rotatable bonds is 7. The molecule has 27 heavy (non-hydrogen) atoms. The summed E-state index contributed by atoms with van der Waals surface area (Å²) in [7, 11) is 0. The Morgan fingerprint density at radius 3 is 2.70 bits per heavy atom. The van der Waals surface area contributed by atoms with E-state index in [0.29, 0.717) is 12.4 Å². The summed E-state index contributed by atoms with van der Waals surface area (Å²) in [5.41, 5.74) is 1.27. The smallest absolute Gasteiger partial charge is 0.227 e. The number of carbonyl (C=O) groups excluding carboxylic acids is 2. The fourth-order valence-corrected chi connectivity index (χ4v) is 3.34. The second-order valence-corrected chi connectivity index (χ2v) is 6.86. The van der Waals surface area contributed by atoms with Crippen LogP contribution in [0.25, 0.3) is 0 Å². The van der Waals surface area contributed by atoms with E-state index in [9.17, 15) is 9.59 Å². The lowest BCUT2D eigenvalue weighted by Crippen LogP contribution is -2.43. The molecular weight excluding hydrogens is 340 g/mol. The highest BCUT2D eigenvalue weighted by molar-refractivity contribution is 5.90. The maximum Gasteiger partial charge on any atom is 0.227 e. The van der Waals surface area contributed by atoms with Crippen molar-refractivity contribution in [3.63, 3.8) is 0 Å². The average molecular weight is 366 g/mol. The molecular formula is C21H26N4O2. The van der Waals surface area contributed by atoms with Crippen LogP contribution in [0.1, 0.15) is 24.8 Å². The van der Waals surface area contributed by atoms with Crippen molar-refractivity contribution < 1.29 is 9.59 Å². The molecule has 0 radical (unpaired) electrons. The van der Waals surface area contributed by atoms with Crippen LogP contribution in [-0.4, -0.2) is 41.3 Å². The summed E-state index contributed by atoms with van der Waals surface area (Å²) < 4.78 is 0. The first-order chi connectivity index (χ1) is 13.2. The Kier molecular flexibility index (Phi) is 6.93. The quantitative estimate of drug-likeness (QED) is 0.789. The number of benzene rings is 1. The van der Waals surface area contributed by atoms with Crippen molar-refractivity contribution >= 4 is 17.6 Å². The minimum Gasteiger partial charge on any atom is -0.355 e. The van der Waals surface area contributed by atoms with Gasteiger partial charge in [-0.1, -0.05) is 36.4 Å². The third kappa shape index (κ3) is 6.18. The zero-order valence-corrected chi connectivity index (χ0v) is 15.4. The van der Waals surface area contributed by atoms with Crippen LogP contribution < -0.4 is 10.6 Å². The number of hydrogen-bond donors (Lipinski definition) is 2. The van der Waals surface area contributed by atoms with E-state index < -0.39 is 0 Å². The van der Waals surface area contributed by atoms with E-state index in [4.69, 9.17) is 0 Å². The highest BCUT2D eigenvalue weighted by atomic mass is 16.2. The van der Waals surface area contributed by atoms with E-state index >= 15 is 0 Å². The van der Waals surface area contributed by atoms with E-state index in [1.165, 1.54) is 5.56 Å². The van der Waals surface area contributed by atoms with E-state index in [2.05, 4.69) is 32.7 Å². The Morgan fingerprint density at radius 2 is 1.93 bits per heavy atom. The molecule has 6 heteroatoms. The fourth-order valence-electron chi connectivity index (χ4n) is 3.34. The number of amides is 2. The van der Waals surface area contributed by atoms with Crippen LogP contribution >= 0.6 is 0 Å². The van der Waals surface area contributed by atoms with Gasteiger partial charge in [0.05, 0.1) is 5.92 Å². The van der Waals surface area contributed by atoms with Crippen molar-refractivity contribution in [3.05, 3.63) is 60.3 Å². The van der Waals surface area contributed by atoms with Gasteiger partial charge in [0.15, 0.2) is 0 Å². The molecule has 2 amide bonds. The number of anilines is 1. The molecule has 1 saturated heterocycles. The summed E-state index contributed by atoms with van der Waals surface area (Å²) in [6, 6.07) is 15.7. The number of likely N-dealkylation sites (tertiary alicyclic amines) is 1. The van der Waals surface area contributed by atoms with Gasteiger partial charge in [0.25, 0.3) is 0 Å². The minimum absolute atomic E-state index is 0.0127. The van der Waals surface area contributed by atoms with Crippen molar-refractivity contribution in [2.75, 3.05) is 25.0 Å². The molecule has 1 aliphatic rings. The fraction of sp³-hybridized carbons (Fsp3) is 0.381. The normalized spacial score (nSPS) is 17.3. The van der Waals surface area contributed by atoms with Crippen LogP contribution in [0.3, 0.4) is 0 Å². The summed E-state index contributed by atoms with van der Waals surface area (Å²) in [5, 5.41) is 5.63. The zero-order valence-electron chi connectivity index (χ0n) is 15.4. The molecule has 1 aromatic carbocycles. The summed E-state index contributed by atoms with van der Waals surface area (Å²) >= 11 is 0.